The van der Waals surface area contributed by atoms with Crippen LogP contribution in [0.1, 0.15) is 32.4 Å². The van der Waals surface area contributed by atoms with Crippen LogP contribution in [0.25, 0.3) is 0 Å². The highest BCUT2D eigenvalue weighted by atomic mass is 16.4. The van der Waals surface area contributed by atoms with Crippen LogP contribution in [0.2, 0.25) is 0 Å². The molecule has 0 aromatic carbocycles. The number of carboxylic acids is 1. The van der Waals surface area contributed by atoms with E-state index in [9.17, 15) is 9.59 Å². The molecule has 0 aliphatic carbocycles. The average molecular weight is 274 g/mol. The Morgan fingerprint density at radius 3 is 2.80 bits per heavy atom. The Balaban J connectivity index is 2.16. The molecule has 2 N–H and O–H groups in total. The number of amides is 1. The number of aromatic carboxylic acids is 1. The molecule has 0 spiro atoms. The van der Waals surface area contributed by atoms with Gasteiger partial charge in [-0.15, -0.1) is 0 Å². The number of nitrogens with one attached hydrogen (secondary N) is 1. The minimum atomic E-state index is -1.21. The lowest BCUT2D eigenvalue weighted by atomic mass is 10.2. The minimum Gasteiger partial charge on any atom is -0.477 e. The molecule has 1 amide bonds. The summed E-state index contributed by atoms with van der Waals surface area (Å²) in [6.45, 7) is 2.15. The van der Waals surface area contributed by atoms with E-state index in [2.05, 4.69) is 15.0 Å². The molecule has 0 aliphatic rings. The van der Waals surface area contributed by atoms with Crippen LogP contribution in [0.15, 0.2) is 24.5 Å². The van der Waals surface area contributed by atoms with Crippen LogP contribution in [-0.4, -0.2) is 43.9 Å². The van der Waals surface area contributed by atoms with E-state index in [1.807, 2.05) is 19.1 Å². The zero-order valence-corrected chi connectivity index (χ0v) is 11.1. The summed E-state index contributed by atoms with van der Waals surface area (Å²) in [5.41, 5.74) is 1.27. The van der Waals surface area contributed by atoms with E-state index >= 15 is 0 Å². The van der Waals surface area contributed by atoms with Crippen molar-refractivity contribution in [2.75, 3.05) is 7.05 Å². The third-order valence-corrected chi connectivity index (χ3v) is 2.75. The van der Waals surface area contributed by atoms with E-state index in [-0.39, 0.29) is 17.9 Å². The number of aromatic amines is 1. The summed E-state index contributed by atoms with van der Waals surface area (Å²) in [5.74, 6) is -1.68. The van der Waals surface area contributed by atoms with E-state index in [0.717, 1.165) is 11.4 Å². The number of hydrogen-bond acceptors (Lipinski definition) is 4. The maximum Gasteiger partial charge on any atom is 0.354 e. The zero-order valence-electron chi connectivity index (χ0n) is 11.1. The average Bonchev–Trinajstić information content (AvgIpc) is 2.87. The number of hydrogen-bond donors (Lipinski definition) is 2. The van der Waals surface area contributed by atoms with Crippen LogP contribution in [0.4, 0.5) is 0 Å². The van der Waals surface area contributed by atoms with Gasteiger partial charge in [0, 0.05) is 12.7 Å². The summed E-state index contributed by atoms with van der Waals surface area (Å²) in [4.78, 5) is 35.0. The lowest BCUT2D eigenvalue weighted by Gasteiger charge is -2.16. The lowest BCUT2D eigenvalue weighted by Crippen LogP contribution is -2.28. The highest BCUT2D eigenvalue weighted by molar-refractivity contribution is 6.02. The quantitative estimate of drug-likeness (QED) is 0.869. The monoisotopic (exact) mass is 274 g/mol. The summed E-state index contributed by atoms with van der Waals surface area (Å²) in [7, 11) is 1.58. The Hall–Kier alpha value is -2.70. The van der Waals surface area contributed by atoms with Crippen LogP contribution in [-0.2, 0) is 6.54 Å². The molecule has 0 fully saturated rings. The molecule has 2 rings (SSSR count). The smallest absolute Gasteiger partial charge is 0.354 e. The van der Waals surface area contributed by atoms with Gasteiger partial charge in [-0.25, -0.2) is 9.78 Å². The van der Waals surface area contributed by atoms with Gasteiger partial charge in [0.1, 0.15) is 0 Å². The second kappa shape index (κ2) is 5.52. The second-order valence-electron chi connectivity index (χ2n) is 4.36. The van der Waals surface area contributed by atoms with Crippen molar-refractivity contribution in [1.29, 1.82) is 0 Å². The fraction of sp³-hybridized carbons (Fsp3) is 0.231. The predicted octanol–water partition coefficient (Wildman–Crippen LogP) is 1.08. The van der Waals surface area contributed by atoms with Gasteiger partial charge in [-0.2, -0.15) is 0 Å². The number of nitrogens with zero attached hydrogens (tertiary/aromatic N) is 3. The van der Waals surface area contributed by atoms with Crippen molar-refractivity contribution in [3.8, 4) is 0 Å². The summed E-state index contributed by atoms with van der Waals surface area (Å²) in [6.07, 6.45) is 1.19. The van der Waals surface area contributed by atoms with Gasteiger partial charge in [0.2, 0.25) is 0 Å². The Labute approximate surface area is 115 Å². The molecule has 0 saturated carbocycles. The largest absolute Gasteiger partial charge is 0.477 e. The topological polar surface area (TPSA) is 99.2 Å². The Kier molecular flexibility index (Phi) is 3.79. The van der Waals surface area contributed by atoms with E-state index < -0.39 is 11.9 Å². The van der Waals surface area contributed by atoms with Gasteiger partial charge in [-0.1, -0.05) is 6.07 Å². The SMILES string of the molecule is Cc1cccc(CN(C)C(=O)c2nc[nH]c2C(=O)O)n1. The van der Waals surface area contributed by atoms with Crippen molar-refractivity contribution in [3.05, 3.63) is 47.3 Å². The molecule has 104 valence electrons. The van der Waals surface area contributed by atoms with Gasteiger partial charge in [0.15, 0.2) is 11.4 Å². The Morgan fingerprint density at radius 2 is 2.15 bits per heavy atom. The molecule has 0 atom stereocenters. The van der Waals surface area contributed by atoms with Crippen molar-refractivity contribution < 1.29 is 14.7 Å². The van der Waals surface area contributed by atoms with Gasteiger partial charge >= 0.3 is 5.97 Å². The van der Waals surface area contributed by atoms with Crippen molar-refractivity contribution in [3.63, 3.8) is 0 Å². The molecule has 7 nitrogen and oxygen atoms in total. The fourth-order valence-corrected chi connectivity index (χ4v) is 1.80. The van der Waals surface area contributed by atoms with E-state index in [1.165, 1.54) is 11.2 Å². The van der Waals surface area contributed by atoms with Crippen LogP contribution in [0, 0.1) is 6.92 Å². The van der Waals surface area contributed by atoms with E-state index in [0.29, 0.717) is 0 Å². The number of carboxylic acid groups (broad SMARTS) is 1. The highest BCUT2D eigenvalue weighted by Gasteiger charge is 2.22. The van der Waals surface area contributed by atoms with Crippen LogP contribution in [0.3, 0.4) is 0 Å². The van der Waals surface area contributed by atoms with Crippen LogP contribution < -0.4 is 0 Å². The van der Waals surface area contributed by atoms with Crippen molar-refractivity contribution >= 4 is 11.9 Å². The summed E-state index contributed by atoms with van der Waals surface area (Å²) >= 11 is 0. The normalized spacial score (nSPS) is 10.3. The molecule has 20 heavy (non-hydrogen) atoms. The molecule has 7 heteroatoms. The molecule has 0 unspecified atom stereocenters. The molecule has 2 aromatic rings. The molecule has 0 bridgehead atoms. The van der Waals surface area contributed by atoms with Gasteiger partial charge in [-0.3, -0.25) is 9.78 Å². The maximum absolute atomic E-state index is 12.2. The molecule has 0 saturated heterocycles. The van der Waals surface area contributed by atoms with Gasteiger partial charge < -0.3 is 15.0 Å². The first-order chi connectivity index (χ1) is 9.49. The van der Waals surface area contributed by atoms with Crippen molar-refractivity contribution in [1.82, 2.24) is 19.9 Å². The lowest BCUT2D eigenvalue weighted by molar-refractivity contribution is 0.0674. The summed E-state index contributed by atoms with van der Waals surface area (Å²) in [5, 5.41) is 8.96. The molecule has 0 aliphatic heterocycles. The van der Waals surface area contributed by atoms with Gasteiger partial charge in [-0.05, 0) is 19.1 Å². The summed E-state index contributed by atoms with van der Waals surface area (Å²) < 4.78 is 0. The second-order valence-corrected chi connectivity index (χ2v) is 4.36. The molecule has 2 heterocycles. The molecule has 2 aromatic heterocycles. The van der Waals surface area contributed by atoms with E-state index in [1.54, 1.807) is 13.1 Å². The van der Waals surface area contributed by atoms with E-state index in [4.69, 9.17) is 5.11 Å². The van der Waals surface area contributed by atoms with Crippen molar-refractivity contribution in [2.24, 2.45) is 0 Å². The van der Waals surface area contributed by atoms with Crippen molar-refractivity contribution in [2.45, 2.75) is 13.5 Å². The number of imidazole rings is 1. The highest BCUT2D eigenvalue weighted by Crippen LogP contribution is 2.09. The minimum absolute atomic E-state index is 0.104. The standard InChI is InChI=1S/C13H14N4O3/c1-8-4-3-5-9(16-8)6-17(2)12(18)10-11(13(19)20)15-7-14-10/h3-5,7H,6H2,1-2H3,(H,14,15)(H,19,20). The zero-order chi connectivity index (χ0) is 14.7. The molecular weight excluding hydrogens is 260 g/mol. The first kappa shape index (κ1) is 13.7. The number of aryl methyl sites for hydroxylation is 1. The number of carbonyl (C=O) groups excluding carboxylic acids is 1. The maximum atomic E-state index is 12.2. The Bertz CT molecular complexity index is 651. The fourth-order valence-electron chi connectivity index (χ4n) is 1.80. The molecule has 0 radical (unpaired) electrons. The number of pyridine rings is 1. The predicted molar refractivity (Wildman–Crippen MR) is 70.3 cm³/mol. The first-order valence-corrected chi connectivity index (χ1v) is 5.93. The Morgan fingerprint density at radius 1 is 1.40 bits per heavy atom. The molecular formula is C13H14N4O3. The number of rotatable bonds is 4. The van der Waals surface area contributed by atoms with Gasteiger partial charge in [0.25, 0.3) is 5.91 Å². The van der Waals surface area contributed by atoms with Crippen LogP contribution >= 0.6 is 0 Å². The first-order valence-electron chi connectivity index (χ1n) is 5.93. The number of H-pyrrole nitrogens is 1. The third kappa shape index (κ3) is 2.82. The summed E-state index contributed by atoms with van der Waals surface area (Å²) in [6, 6.07) is 5.52. The van der Waals surface area contributed by atoms with Crippen LogP contribution in [0.5, 0.6) is 0 Å². The number of aromatic nitrogens is 3. The van der Waals surface area contributed by atoms with Gasteiger partial charge in [0.05, 0.1) is 18.6 Å². The number of carbonyl (C=O) groups is 2. The third-order valence-electron chi connectivity index (χ3n) is 2.75.